The zero-order valence-corrected chi connectivity index (χ0v) is 21.5. The number of carbonyl (C=O) groups excluding carboxylic acids is 1. The number of ether oxygens (including phenoxy) is 2. The number of hydrogen-bond donors (Lipinski definition) is 0. The maximum atomic E-state index is 14.4. The van der Waals surface area contributed by atoms with Crippen LogP contribution in [-0.2, 0) is 11.2 Å². The smallest absolute Gasteiger partial charge is 0.314 e. The standard InChI is InChI=1S/C31H38F2O3/c1-3-5-21-6-8-22(9-7-21)23-10-12-24(13-11-23)25-14-16-26(17-15-25)31(34)36-28-19-18-27(35-20-4-2)29(32)30(28)33/h4,6-9,18-20,23-26H,3,5,10-17H2,1-2H3. The van der Waals surface area contributed by atoms with Gasteiger partial charge < -0.3 is 9.47 Å². The monoisotopic (exact) mass is 496 g/mol. The Morgan fingerprint density at radius 1 is 0.861 bits per heavy atom. The van der Waals surface area contributed by atoms with Crippen LogP contribution < -0.4 is 9.47 Å². The summed E-state index contributed by atoms with van der Waals surface area (Å²) in [6, 6.07) is 11.7. The zero-order valence-electron chi connectivity index (χ0n) is 21.5. The molecule has 0 aromatic heterocycles. The van der Waals surface area contributed by atoms with E-state index >= 15 is 0 Å². The Morgan fingerprint density at radius 2 is 1.44 bits per heavy atom. The summed E-state index contributed by atoms with van der Waals surface area (Å²) in [5.74, 6) is -1.70. The van der Waals surface area contributed by atoms with Crippen molar-refractivity contribution in [3.05, 3.63) is 71.5 Å². The molecule has 0 aliphatic heterocycles. The number of benzene rings is 2. The van der Waals surface area contributed by atoms with Crippen LogP contribution in [0.2, 0.25) is 0 Å². The highest BCUT2D eigenvalue weighted by Gasteiger charge is 2.34. The van der Waals surface area contributed by atoms with Crippen LogP contribution in [0.15, 0.2) is 48.7 Å². The van der Waals surface area contributed by atoms with E-state index in [1.807, 2.05) is 0 Å². The van der Waals surface area contributed by atoms with Crippen LogP contribution in [0, 0.1) is 29.4 Å². The minimum Gasteiger partial charge on any atom is -0.462 e. The van der Waals surface area contributed by atoms with Gasteiger partial charge in [0.15, 0.2) is 11.5 Å². The van der Waals surface area contributed by atoms with Crippen molar-refractivity contribution in [2.45, 2.75) is 84.0 Å². The Balaban J connectivity index is 1.24. The summed E-state index contributed by atoms with van der Waals surface area (Å²) in [5.41, 5.74) is 2.90. The second-order valence-corrected chi connectivity index (χ2v) is 10.4. The van der Waals surface area contributed by atoms with Gasteiger partial charge in [-0.3, -0.25) is 4.79 Å². The molecular formula is C31H38F2O3. The van der Waals surface area contributed by atoms with Gasteiger partial charge in [0.05, 0.1) is 12.2 Å². The third kappa shape index (κ3) is 6.35. The van der Waals surface area contributed by atoms with Crippen molar-refractivity contribution in [1.29, 1.82) is 0 Å². The highest BCUT2D eigenvalue weighted by Crippen LogP contribution is 2.44. The minimum absolute atomic E-state index is 0.242. The Kier molecular flexibility index (Phi) is 9.17. The lowest BCUT2D eigenvalue weighted by molar-refractivity contribution is -0.140. The van der Waals surface area contributed by atoms with Crippen LogP contribution in [0.4, 0.5) is 8.78 Å². The molecule has 5 heteroatoms. The van der Waals surface area contributed by atoms with Gasteiger partial charge in [-0.1, -0.05) is 43.7 Å². The first kappa shape index (κ1) is 26.4. The van der Waals surface area contributed by atoms with E-state index in [9.17, 15) is 13.6 Å². The molecule has 0 spiro atoms. The van der Waals surface area contributed by atoms with Gasteiger partial charge in [0, 0.05) is 0 Å². The molecule has 2 aromatic rings. The Hall–Kier alpha value is -2.69. The average molecular weight is 497 g/mol. The molecule has 0 atom stereocenters. The number of carbonyl (C=O) groups is 1. The van der Waals surface area contributed by atoms with Crippen molar-refractivity contribution in [1.82, 2.24) is 0 Å². The van der Waals surface area contributed by atoms with Crippen LogP contribution >= 0.6 is 0 Å². The summed E-state index contributed by atoms with van der Waals surface area (Å²) >= 11 is 0. The van der Waals surface area contributed by atoms with Gasteiger partial charge in [0.2, 0.25) is 11.6 Å². The summed E-state index contributed by atoms with van der Waals surface area (Å²) in [5, 5.41) is 0. The zero-order chi connectivity index (χ0) is 25.5. The first-order valence-electron chi connectivity index (χ1n) is 13.6. The predicted molar refractivity (Wildman–Crippen MR) is 138 cm³/mol. The third-order valence-electron chi connectivity index (χ3n) is 8.09. The van der Waals surface area contributed by atoms with Crippen molar-refractivity contribution in [3.63, 3.8) is 0 Å². The van der Waals surface area contributed by atoms with E-state index in [-0.39, 0.29) is 17.4 Å². The molecule has 0 saturated heterocycles. The molecule has 2 aliphatic rings. The third-order valence-corrected chi connectivity index (χ3v) is 8.09. The van der Waals surface area contributed by atoms with Gasteiger partial charge in [-0.25, -0.2) is 0 Å². The molecule has 194 valence electrons. The number of rotatable bonds is 8. The van der Waals surface area contributed by atoms with E-state index in [0.29, 0.717) is 17.8 Å². The van der Waals surface area contributed by atoms with Crippen LogP contribution in [0.1, 0.15) is 88.7 Å². The van der Waals surface area contributed by atoms with E-state index < -0.39 is 17.6 Å². The van der Waals surface area contributed by atoms with E-state index in [2.05, 4.69) is 31.2 Å². The van der Waals surface area contributed by atoms with Crippen LogP contribution in [0.25, 0.3) is 0 Å². The van der Waals surface area contributed by atoms with Crippen LogP contribution in [-0.4, -0.2) is 5.97 Å². The number of aryl methyl sites for hydroxylation is 1. The highest BCUT2D eigenvalue weighted by atomic mass is 19.2. The molecule has 0 N–H and O–H groups in total. The van der Waals surface area contributed by atoms with Crippen molar-refractivity contribution < 1.29 is 23.0 Å². The topological polar surface area (TPSA) is 35.5 Å². The Bertz CT molecular complexity index is 1030. The summed E-state index contributed by atoms with van der Waals surface area (Å²) in [4.78, 5) is 12.7. The first-order valence-corrected chi connectivity index (χ1v) is 13.6. The number of esters is 1. The summed E-state index contributed by atoms with van der Waals surface area (Å²) in [6.45, 7) is 3.92. The largest absolute Gasteiger partial charge is 0.462 e. The quantitative estimate of drug-likeness (QED) is 0.209. The van der Waals surface area contributed by atoms with Crippen molar-refractivity contribution in [2.24, 2.45) is 17.8 Å². The van der Waals surface area contributed by atoms with Gasteiger partial charge in [0.1, 0.15) is 0 Å². The minimum atomic E-state index is -1.20. The molecular weight excluding hydrogens is 458 g/mol. The number of allylic oxidation sites excluding steroid dienone is 1. The molecule has 3 nitrogen and oxygen atoms in total. The van der Waals surface area contributed by atoms with Crippen molar-refractivity contribution in [3.8, 4) is 11.5 Å². The van der Waals surface area contributed by atoms with Gasteiger partial charge in [-0.05, 0) is 106 Å². The van der Waals surface area contributed by atoms with Gasteiger partial charge in [0.25, 0.3) is 0 Å². The molecule has 2 saturated carbocycles. The van der Waals surface area contributed by atoms with Gasteiger partial charge in [-0.15, -0.1) is 0 Å². The SMILES string of the molecule is CC=COc1ccc(OC(=O)C2CCC(C3CCC(c4ccc(CCC)cc4)CC3)CC2)c(F)c1F. The number of halogens is 2. The summed E-state index contributed by atoms with van der Waals surface area (Å²) in [7, 11) is 0. The fraction of sp³-hybridized carbons (Fsp3) is 0.516. The summed E-state index contributed by atoms with van der Waals surface area (Å²) in [6.07, 6.45) is 13.6. The second-order valence-electron chi connectivity index (χ2n) is 10.4. The normalized spacial score (nSPS) is 24.6. The van der Waals surface area contributed by atoms with Gasteiger partial charge in [-0.2, -0.15) is 8.78 Å². The molecule has 36 heavy (non-hydrogen) atoms. The Labute approximate surface area is 213 Å². The average Bonchev–Trinajstić information content (AvgIpc) is 2.92. The highest BCUT2D eigenvalue weighted by molar-refractivity contribution is 5.75. The molecule has 4 rings (SSSR count). The van der Waals surface area contributed by atoms with E-state index in [1.165, 1.54) is 61.6 Å². The van der Waals surface area contributed by atoms with E-state index in [0.717, 1.165) is 32.1 Å². The molecule has 2 aromatic carbocycles. The molecule has 2 aliphatic carbocycles. The fourth-order valence-electron chi connectivity index (χ4n) is 6.01. The predicted octanol–water partition coefficient (Wildman–Crippen LogP) is 8.52. The first-order chi connectivity index (χ1) is 17.5. The lowest BCUT2D eigenvalue weighted by Crippen LogP contribution is -2.30. The molecule has 0 amide bonds. The molecule has 0 unspecified atom stereocenters. The maximum Gasteiger partial charge on any atom is 0.314 e. The number of hydrogen-bond acceptors (Lipinski definition) is 3. The van der Waals surface area contributed by atoms with Crippen LogP contribution in [0.5, 0.6) is 11.5 Å². The van der Waals surface area contributed by atoms with E-state index in [1.54, 1.807) is 13.0 Å². The molecule has 0 bridgehead atoms. The summed E-state index contributed by atoms with van der Waals surface area (Å²) < 4.78 is 38.9. The van der Waals surface area contributed by atoms with Crippen molar-refractivity contribution in [2.75, 3.05) is 0 Å². The van der Waals surface area contributed by atoms with E-state index in [4.69, 9.17) is 9.47 Å². The van der Waals surface area contributed by atoms with Gasteiger partial charge >= 0.3 is 5.97 Å². The lowest BCUT2D eigenvalue weighted by atomic mass is 9.68. The molecule has 0 radical (unpaired) electrons. The lowest BCUT2D eigenvalue weighted by Gasteiger charge is -2.37. The molecule has 0 heterocycles. The van der Waals surface area contributed by atoms with Crippen molar-refractivity contribution >= 4 is 5.97 Å². The molecule has 2 fully saturated rings. The fourth-order valence-corrected chi connectivity index (χ4v) is 6.01. The Morgan fingerprint density at radius 3 is 2.06 bits per heavy atom. The second kappa shape index (κ2) is 12.5. The maximum absolute atomic E-state index is 14.4. The van der Waals surface area contributed by atoms with Crippen LogP contribution in [0.3, 0.4) is 0 Å².